The standard InChI is InChI=1S/C5H4N.FH.Sn/c1-2-4-6-5-3-1;;/h1-4H;1H;/q;;+1/p-1. The Bertz CT molecular complexity index is 154. The monoisotopic (exact) mass is 217 g/mol. The van der Waals surface area contributed by atoms with Crippen molar-refractivity contribution in [3.63, 3.8) is 0 Å². The molecule has 0 spiro atoms. The van der Waals surface area contributed by atoms with Crippen LogP contribution >= 0.6 is 0 Å². The van der Waals surface area contributed by atoms with Gasteiger partial charge in [0.2, 0.25) is 0 Å². The Labute approximate surface area is 57.9 Å². The van der Waals surface area contributed by atoms with E-state index in [2.05, 4.69) is 4.98 Å². The van der Waals surface area contributed by atoms with E-state index in [1.807, 2.05) is 6.07 Å². The van der Waals surface area contributed by atoms with Crippen LogP contribution in [0.2, 0.25) is 0 Å². The third-order valence-electron chi connectivity index (χ3n) is 0.762. The molecular weight excluding hydrogens is 212 g/mol. The molecule has 0 amide bonds. The van der Waals surface area contributed by atoms with Crippen molar-refractivity contribution in [3.8, 4) is 0 Å². The first-order chi connectivity index (χ1) is 3.93. The number of halogens is 1. The van der Waals surface area contributed by atoms with Gasteiger partial charge in [-0.05, 0) is 0 Å². The Morgan fingerprint density at radius 2 is 2.38 bits per heavy atom. The summed E-state index contributed by atoms with van der Waals surface area (Å²) in [5, 5.41) is 0. The molecule has 0 N–H and O–H groups in total. The van der Waals surface area contributed by atoms with E-state index in [1.54, 1.807) is 18.3 Å². The van der Waals surface area contributed by atoms with E-state index in [0.29, 0.717) is 3.71 Å². The molecule has 0 bridgehead atoms. The maximum atomic E-state index is 11.8. The molecule has 1 aromatic heterocycles. The fourth-order valence-corrected chi connectivity index (χ4v) is 1.23. The minimum absolute atomic E-state index is 0.663. The number of hydrogen-bond donors (Lipinski definition) is 0. The number of nitrogens with zero attached hydrogens (tertiary/aromatic N) is 1. The second-order valence-corrected chi connectivity index (χ2v) is 3.31. The Hall–Kier alpha value is -0.121. The molecule has 8 heavy (non-hydrogen) atoms. The summed E-state index contributed by atoms with van der Waals surface area (Å²) >= 11 is -1.75. The summed E-state index contributed by atoms with van der Waals surface area (Å²) in [6.07, 6.45) is 1.62. The summed E-state index contributed by atoms with van der Waals surface area (Å²) in [7, 11) is 0. The molecular formula is C5H4FNSn. The first kappa shape index (κ1) is 6.01. The zero-order chi connectivity index (χ0) is 5.82. The average molecular weight is 216 g/mol. The van der Waals surface area contributed by atoms with Crippen LogP contribution in [-0.4, -0.2) is 26.7 Å². The molecule has 1 nitrogen and oxygen atoms in total. The molecule has 40 valence electrons. The second-order valence-electron chi connectivity index (χ2n) is 1.31. The molecule has 0 fully saturated rings. The summed E-state index contributed by atoms with van der Waals surface area (Å²) in [4.78, 5) is 3.80. The van der Waals surface area contributed by atoms with Crippen LogP contribution in [0.1, 0.15) is 0 Å². The minimum atomic E-state index is -1.75. The van der Waals surface area contributed by atoms with Gasteiger partial charge < -0.3 is 0 Å². The van der Waals surface area contributed by atoms with Gasteiger partial charge in [-0.25, -0.2) is 0 Å². The van der Waals surface area contributed by atoms with Crippen molar-refractivity contribution >= 4 is 25.4 Å². The van der Waals surface area contributed by atoms with Gasteiger partial charge in [0.1, 0.15) is 0 Å². The average Bonchev–Trinajstić information content (AvgIpc) is 1.90. The zero-order valence-corrected chi connectivity index (χ0v) is 6.99. The van der Waals surface area contributed by atoms with Crippen molar-refractivity contribution in [1.82, 2.24) is 4.98 Å². The van der Waals surface area contributed by atoms with Crippen LogP contribution < -0.4 is 3.71 Å². The third kappa shape index (κ3) is 1.43. The van der Waals surface area contributed by atoms with E-state index in [1.165, 1.54) is 0 Å². The Morgan fingerprint density at radius 1 is 1.50 bits per heavy atom. The van der Waals surface area contributed by atoms with E-state index in [0.717, 1.165) is 0 Å². The number of hydrogen-bond acceptors (Lipinski definition) is 1. The summed E-state index contributed by atoms with van der Waals surface area (Å²) in [6, 6.07) is 5.33. The Balaban J connectivity index is 2.83. The quantitative estimate of drug-likeness (QED) is 0.615. The predicted molar refractivity (Wildman–Crippen MR) is 30.7 cm³/mol. The van der Waals surface area contributed by atoms with Gasteiger partial charge in [-0.3, -0.25) is 0 Å². The number of pyridine rings is 1. The summed E-state index contributed by atoms with van der Waals surface area (Å²) in [5.41, 5.74) is 0. The second kappa shape index (κ2) is 3.02. The fourth-order valence-electron chi connectivity index (χ4n) is 0.419. The van der Waals surface area contributed by atoms with Crippen LogP contribution in [0.4, 0.5) is 2.87 Å². The first-order valence-electron chi connectivity index (χ1n) is 2.21. The molecule has 0 aliphatic heterocycles. The van der Waals surface area contributed by atoms with Crippen LogP contribution in [0.15, 0.2) is 24.4 Å². The molecule has 1 rings (SSSR count). The van der Waals surface area contributed by atoms with Crippen LogP contribution in [0.5, 0.6) is 0 Å². The molecule has 0 unspecified atom stereocenters. The number of aromatic nitrogens is 1. The van der Waals surface area contributed by atoms with Crippen LogP contribution in [0.25, 0.3) is 0 Å². The normalized spacial score (nSPS) is 9.12. The number of rotatable bonds is 1. The van der Waals surface area contributed by atoms with E-state index < -0.39 is 21.7 Å². The maximum absolute atomic E-state index is 11.8. The first-order valence-corrected chi connectivity index (χ1v) is 4.72. The van der Waals surface area contributed by atoms with Crippen molar-refractivity contribution in [2.75, 3.05) is 0 Å². The van der Waals surface area contributed by atoms with Crippen LogP contribution in [0.3, 0.4) is 0 Å². The predicted octanol–water partition coefficient (Wildman–Crippen LogP) is 0.296. The van der Waals surface area contributed by atoms with Gasteiger partial charge in [0.05, 0.1) is 0 Å². The van der Waals surface area contributed by atoms with E-state index in [-0.39, 0.29) is 0 Å². The van der Waals surface area contributed by atoms with Gasteiger partial charge in [0.25, 0.3) is 0 Å². The van der Waals surface area contributed by atoms with Crippen molar-refractivity contribution in [1.29, 1.82) is 0 Å². The Kier molecular flexibility index (Phi) is 2.26. The fraction of sp³-hybridized carbons (Fsp3) is 0. The molecule has 0 aliphatic rings. The van der Waals surface area contributed by atoms with Crippen molar-refractivity contribution in [2.24, 2.45) is 0 Å². The van der Waals surface area contributed by atoms with Crippen molar-refractivity contribution in [2.45, 2.75) is 0 Å². The molecule has 2 radical (unpaired) electrons. The van der Waals surface area contributed by atoms with Gasteiger partial charge in [0, 0.05) is 0 Å². The molecule has 0 saturated heterocycles. The molecule has 1 aromatic rings. The molecule has 0 saturated carbocycles. The molecule has 0 aromatic carbocycles. The van der Waals surface area contributed by atoms with Gasteiger partial charge in [-0.1, -0.05) is 0 Å². The van der Waals surface area contributed by atoms with Crippen LogP contribution in [-0.2, 0) is 0 Å². The van der Waals surface area contributed by atoms with Gasteiger partial charge >= 0.3 is 57.7 Å². The van der Waals surface area contributed by atoms with Gasteiger partial charge in [-0.15, -0.1) is 0 Å². The molecule has 0 atom stereocenters. The molecule has 1 heterocycles. The van der Waals surface area contributed by atoms with Crippen LogP contribution in [0, 0.1) is 0 Å². The Morgan fingerprint density at radius 3 is 2.75 bits per heavy atom. The molecule has 3 heteroatoms. The van der Waals surface area contributed by atoms with Crippen molar-refractivity contribution in [3.05, 3.63) is 24.4 Å². The molecule has 0 aliphatic carbocycles. The summed E-state index contributed by atoms with van der Waals surface area (Å²) in [5.74, 6) is 0. The summed E-state index contributed by atoms with van der Waals surface area (Å²) in [6.45, 7) is 0. The topological polar surface area (TPSA) is 12.9 Å². The van der Waals surface area contributed by atoms with Gasteiger partial charge in [-0.2, -0.15) is 0 Å². The SMILES string of the molecule is [F][Sn][c]1ccccn1. The van der Waals surface area contributed by atoms with E-state index >= 15 is 0 Å². The van der Waals surface area contributed by atoms with Crippen molar-refractivity contribution < 1.29 is 2.87 Å². The third-order valence-corrected chi connectivity index (χ3v) is 2.16. The summed E-state index contributed by atoms with van der Waals surface area (Å²) < 4.78 is 12.5. The zero-order valence-electron chi connectivity index (χ0n) is 4.13. The van der Waals surface area contributed by atoms with E-state index in [9.17, 15) is 2.87 Å². The van der Waals surface area contributed by atoms with Gasteiger partial charge in [0.15, 0.2) is 0 Å². The van der Waals surface area contributed by atoms with E-state index in [4.69, 9.17) is 0 Å².